The molecule has 3 saturated carbocycles. The number of alkyl halides is 1. The Morgan fingerprint density at radius 1 is 0.771 bits per heavy atom. The molecule has 0 aromatic heterocycles. The lowest BCUT2D eigenvalue weighted by Gasteiger charge is -2.39. The molecule has 35 heavy (non-hydrogen) atoms. The highest BCUT2D eigenvalue weighted by atomic mass is 19.1. The van der Waals surface area contributed by atoms with Crippen molar-refractivity contribution in [3.05, 3.63) is 0 Å². The van der Waals surface area contributed by atoms with E-state index in [0.29, 0.717) is 55.6 Å². The summed E-state index contributed by atoms with van der Waals surface area (Å²) in [5.74, 6) is 2.42. The fourth-order valence-electron chi connectivity index (χ4n) is 8.01. The van der Waals surface area contributed by atoms with E-state index in [9.17, 15) is 14.0 Å². The number of halogens is 1. The van der Waals surface area contributed by atoms with Crippen LogP contribution < -0.4 is 5.32 Å². The van der Waals surface area contributed by atoms with Crippen LogP contribution in [0.5, 0.6) is 0 Å². The first-order valence-electron chi connectivity index (χ1n) is 15.0. The van der Waals surface area contributed by atoms with Crippen LogP contribution in [0, 0.1) is 23.7 Å². The zero-order chi connectivity index (χ0) is 24.2. The van der Waals surface area contributed by atoms with Crippen LogP contribution in [0.3, 0.4) is 0 Å². The second kappa shape index (κ2) is 11.9. The van der Waals surface area contributed by atoms with Crippen LogP contribution in [0.25, 0.3) is 0 Å². The number of carbonyl (C=O) groups is 2. The summed E-state index contributed by atoms with van der Waals surface area (Å²) in [7, 11) is 0. The van der Waals surface area contributed by atoms with Gasteiger partial charge in [-0.05, 0) is 88.4 Å². The topological polar surface area (TPSA) is 52.7 Å². The molecule has 3 unspecified atom stereocenters. The van der Waals surface area contributed by atoms with E-state index >= 15 is 0 Å². The van der Waals surface area contributed by atoms with Gasteiger partial charge in [0.2, 0.25) is 11.8 Å². The molecule has 0 aromatic rings. The van der Waals surface area contributed by atoms with Crippen molar-refractivity contribution in [3.8, 4) is 0 Å². The Hall–Kier alpha value is -1.17. The summed E-state index contributed by atoms with van der Waals surface area (Å²) >= 11 is 0. The second-order valence-electron chi connectivity index (χ2n) is 12.5. The van der Waals surface area contributed by atoms with Crippen LogP contribution >= 0.6 is 0 Å². The highest BCUT2D eigenvalue weighted by Crippen LogP contribution is 2.42. The quantitative estimate of drug-likeness (QED) is 0.566. The van der Waals surface area contributed by atoms with E-state index in [4.69, 9.17) is 0 Å². The normalized spacial score (nSPS) is 35.6. The number of fused-ring (bicyclic) bond motifs is 1. The predicted octanol–water partition coefficient (Wildman–Crippen LogP) is 5.08. The highest BCUT2D eigenvalue weighted by molar-refractivity contribution is 5.83. The van der Waals surface area contributed by atoms with E-state index in [-0.39, 0.29) is 17.9 Å². The molecule has 0 spiro atoms. The Bertz CT molecular complexity index is 711. The maximum Gasteiger partial charge on any atom is 0.239 e. The first-order chi connectivity index (χ1) is 17.1. The highest BCUT2D eigenvalue weighted by Gasteiger charge is 2.47. The van der Waals surface area contributed by atoms with Gasteiger partial charge in [-0.3, -0.25) is 14.5 Å². The number of nitrogens with zero attached hydrogens (tertiary/aromatic N) is 2. The monoisotopic (exact) mass is 489 g/mol. The summed E-state index contributed by atoms with van der Waals surface area (Å²) in [6, 6.07) is 0.548. The lowest BCUT2D eigenvalue weighted by Crippen LogP contribution is -2.52. The third kappa shape index (κ3) is 6.22. The molecular formula is C29H48FN3O2. The number of carbonyl (C=O) groups excluding carboxylic acids is 2. The van der Waals surface area contributed by atoms with Crippen LogP contribution in [0.15, 0.2) is 0 Å². The van der Waals surface area contributed by atoms with E-state index in [1.54, 1.807) is 0 Å². The lowest BCUT2D eigenvalue weighted by atomic mass is 9.84. The first kappa shape index (κ1) is 25.5. The number of nitrogens with one attached hydrogen (secondary N) is 1. The van der Waals surface area contributed by atoms with Crippen LogP contribution in [0.4, 0.5) is 4.39 Å². The van der Waals surface area contributed by atoms with Crippen molar-refractivity contribution in [1.29, 1.82) is 0 Å². The molecule has 3 atom stereocenters. The summed E-state index contributed by atoms with van der Waals surface area (Å²) in [5, 5.41) is 3.23. The minimum atomic E-state index is -0.620. The lowest BCUT2D eigenvalue weighted by molar-refractivity contribution is -0.140. The Morgan fingerprint density at radius 3 is 2.20 bits per heavy atom. The molecule has 2 aliphatic heterocycles. The van der Waals surface area contributed by atoms with Crippen molar-refractivity contribution in [1.82, 2.24) is 15.1 Å². The number of piperidine rings is 1. The molecule has 2 amide bonds. The molecule has 2 saturated heterocycles. The van der Waals surface area contributed by atoms with Crippen molar-refractivity contribution in [2.24, 2.45) is 23.7 Å². The molecule has 5 fully saturated rings. The molecule has 3 aliphatic carbocycles. The van der Waals surface area contributed by atoms with Gasteiger partial charge in [-0.1, -0.05) is 32.1 Å². The van der Waals surface area contributed by atoms with Crippen LogP contribution in [-0.4, -0.2) is 66.0 Å². The number of amides is 2. The third-order valence-electron chi connectivity index (χ3n) is 10.2. The summed E-state index contributed by atoms with van der Waals surface area (Å²) in [6.45, 7) is 3.24. The van der Waals surface area contributed by atoms with E-state index in [1.807, 2.05) is 0 Å². The maximum absolute atomic E-state index is 13.8. The molecule has 2 heterocycles. The minimum Gasteiger partial charge on any atom is -0.356 e. The fraction of sp³-hybridized carbons (Fsp3) is 0.931. The number of hydrogen-bond donors (Lipinski definition) is 1. The Balaban J connectivity index is 1.14. The Morgan fingerprint density at radius 2 is 1.46 bits per heavy atom. The van der Waals surface area contributed by atoms with Gasteiger partial charge in [0.25, 0.3) is 0 Å². The summed E-state index contributed by atoms with van der Waals surface area (Å²) in [6.07, 6.45) is 16.8. The van der Waals surface area contributed by atoms with Gasteiger partial charge in [-0.15, -0.1) is 0 Å². The molecule has 5 rings (SSSR count). The summed E-state index contributed by atoms with van der Waals surface area (Å²) in [5.41, 5.74) is 0. The Kier molecular flexibility index (Phi) is 8.68. The van der Waals surface area contributed by atoms with Crippen molar-refractivity contribution < 1.29 is 14.0 Å². The second-order valence-corrected chi connectivity index (χ2v) is 12.5. The van der Waals surface area contributed by atoms with Gasteiger partial charge in [0, 0.05) is 38.1 Å². The third-order valence-corrected chi connectivity index (χ3v) is 10.2. The van der Waals surface area contributed by atoms with Gasteiger partial charge < -0.3 is 10.2 Å². The van der Waals surface area contributed by atoms with Gasteiger partial charge >= 0.3 is 0 Å². The van der Waals surface area contributed by atoms with Crippen molar-refractivity contribution in [2.45, 2.75) is 121 Å². The van der Waals surface area contributed by atoms with E-state index < -0.39 is 6.17 Å². The van der Waals surface area contributed by atoms with Crippen molar-refractivity contribution in [3.63, 3.8) is 0 Å². The minimum absolute atomic E-state index is 0.00266. The fourth-order valence-corrected chi connectivity index (χ4v) is 8.01. The summed E-state index contributed by atoms with van der Waals surface area (Å²) < 4.78 is 13.7. The van der Waals surface area contributed by atoms with Crippen LogP contribution in [-0.2, 0) is 9.59 Å². The molecule has 6 heteroatoms. The number of likely N-dealkylation sites (tertiary alicyclic amines) is 2. The Labute approximate surface area is 211 Å². The number of hydrogen-bond acceptors (Lipinski definition) is 3. The molecular weight excluding hydrogens is 441 g/mol. The van der Waals surface area contributed by atoms with Crippen LogP contribution in [0.2, 0.25) is 0 Å². The van der Waals surface area contributed by atoms with Crippen LogP contribution in [0.1, 0.15) is 103 Å². The number of rotatable bonds is 6. The SMILES string of the molecule is O=C(NCC1CCCCC1)C1CCN(C(=O)C2CC3CCCCC3N2CC2CCC(F)CC2)CC1. The van der Waals surface area contributed by atoms with Crippen molar-refractivity contribution >= 4 is 11.8 Å². The molecule has 5 nitrogen and oxygen atoms in total. The van der Waals surface area contributed by atoms with Gasteiger partial charge in [0.05, 0.1) is 6.04 Å². The molecule has 1 N–H and O–H groups in total. The predicted molar refractivity (Wildman–Crippen MR) is 137 cm³/mol. The molecule has 0 bridgehead atoms. The molecule has 0 aromatic carbocycles. The average molecular weight is 490 g/mol. The molecule has 5 aliphatic rings. The first-order valence-corrected chi connectivity index (χ1v) is 15.0. The van der Waals surface area contributed by atoms with Gasteiger partial charge in [-0.25, -0.2) is 4.39 Å². The average Bonchev–Trinajstić information content (AvgIpc) is 3.27. The molecule has 198 valence electrons. The van der Waals surface area contributed by atoms with E-state index in [1.165, 1.54) is 57.8 Å². The summed E-state index contributed by atoms with van der Waals surface area (Å²) in [4.78, 5) is 31.2. The zero-order valence-corrected chi connectivity index (χ0v) is 21.8. The zero-order valence-electron chi connectivity index (χ0n) is 21.8. The maximum atomic E-state index is 13.8. The standard InChI is InChI=1S/C29H48FN3O2/c30-25-12-10-22(11-13-25)20-33-26-9-5-4-8-24(26)18-27(33)29(35)32-16-14-23(15-17-32)28(34)31-19-21-6-2-1-3-7-21/h21-27H,1-20H2,(H,31,34). The van der Waals surface area contributed by atoms with E-state index in [0.717, 1.165) is 45.2 Å². The van der Waals surface area contributed by atoms with Gasteiger partial charge in [0.1, 0.15) is 6.17 Å². The smallest absolute Gasteiger partial charge is 0.239 e. The van der Waals surface area contributed by atoms with Crippen molar-refractivity contribution in [2.75, 3.05) is 26.2 Å². The molecule has 0 radical (unpaired) electrons. The largest absolute Gasteiger partial charge is 0.356 e. The van der Waals surface area contributed by atoms with E-state index in [2.05, 4.69) is 15.1 Å². The van der Waals surface area contributed by atoms with Gasteiger partial charge in [-0.2, -0.15) is 0 Å². The van der Waals surface area contributed by atoms with Gasteiger partial charge in [0.15, 0.2) is 0 Å².